The molecule has 1 saturated heterocycles. The number of nitrogens with zero attached hydrogens (tertiary/aromatic N) is 1. The minimum atomic E-state index is -0.616. The van der Waals surface area contributed by atoms with Crippen LogP contribution in [0.15, 0.2) is 18.2 Å². The van der Waals surface area contributed by atoms with Crippen LogP contribution in [0.25, 0.3) is 0 Å². The first kappa shape index (κ1) is 15.0. The summed E-state index contributed by atoms with van der Waals surface area (Å²) in [6, 6.07) is 3.89. The lowest BCUT2D eigenvalue weighted by molar-refractivity contribution is -0.132. The van der Waals surface area contributed by atoms with Crippen molar-refractivity contribution in [1.82, 2.24) is 4.90 Å². The first-order chi connectivity index (χ1) is 9.47. The van der Waals surface area contributed by atoms with E-state index in [1.165, 1.54) is 12.1 Å². The van der Waals surface area contributed by atoms with E-state index in [1.54, 1.807) is 6.07 Å². The second-order valence-electron chi connectivity index (χ2n) is 5.10. The molecule has 0 spiro atoms. The normalized spacial score (nSPS) is 20.7. The number of benzene rings is 1. The van der Waals surface area contributed by atoms with Crippen LogP contribution in [0.1, 0.15) is 12.5 Å². The number of aromatic hydroxyl groups is 2. The van der Waals surface area contributed by atoms with Gasteiger partial charge in [0.25, 0.3) is 0 Å². The van der Waals surface area contributed by atoms with Crippen molar-refractivity contribution in [3.63, 3.8) is 0 Å². The summed E-state index contributed by atoms with van der Waals surface area (Å²) in [6.07, 6.45) is 0.352. The topological polar surface area (TPSA) is 86.8 Å². The summed E-state index contributed by atoms with van der Waals surface area (Å²) in [4.78, 5) is 14.1. The van der Waals surface area contributed by atoms with E-state index in [0.29, 0.717) is 11.7 Å². The molecule has 1 aliphatic heterocycles. The van der Waals surface area contributed by atoms with Gasteiger partial charge in [-0.25, -0.2) is 0 Å². The molecule has 1 aromatic carbocycles. The number of carbonyl (C=O) groups excluding carboxylic acids is 1. The minimum Gasteiger partial charge on any atom is -0.504 e. The molecule has 1 fully saturated rings. The Hall–Kier alpha value is -1.40. The number of phenolic OH excluding ortho intramolecular Hbond substituents is 2. The Bertz CT molecular complexity index is 495. The molecule has 0 saturated carbocycles. The number of phenols is 2. The standard InChI is InChI=1S/C14H20N2O3S/c1-9-8-16(4-5-20-9)14(19)11(15)6-10-2-3-12(17)13(18)7-10/h2-3,7,9,11,17-18H,4-6,8,15H2,1H3/t9?,11-/m0/s1. The van der Waals surface area contributed by atoms with Crippen LogP contribution in [0.4, 0.5) is 0 Å². The molecule has 0 radical (unpaired) electrons. The molecule has 2 atom stereocenters. The van der Waals surface area contributed by atoms with Gasteiger partial charge in [-0.15, -0.1) is 0 Å². The molecule has 1 amide bonds. The summed E-state index contributed by atoms with van der Waals surface area (Å²) in [5.74, 6) is 0.532. The van der Waals surface area contributed by atoms with Crippen molar-refractivity contribution < 1.29 is 15.0 Å². The molecular formula is C14H20N2O3S. The van der Waals surface area contributed by atoms with Crippen LogP contribution in [-0.2, 0) is 11.2 Å². The van der Waals surface area contributed by atoms with Crippen molar-refractivity contribution >= 4 is 17.7 Å². The Balaban J connectivity index is 1.98. The molecule has 1 aliphatic rings. The van der Waals surface area contributed by atoms with E-state index in [1.807, 2.05) is 16.7 Å². The maximum Gasteiger partial charge on any atom is 0.239 e. The Kier molecular flexibility index (Phi) is 4.77. The lowest BCUT2D eigenvalue weighted by atomic mass is 10.0. The average Bonchev–Trinajstić information content (AvgIpc) is 2.42. The van der Waals surface area contributed by atoms with Crippen LogP contribution in [0.5, 0.6) is 11.5 Å². The van der Waals surface area contributed by atoms with Gasteiger partial charge in [0, 0.05) is 24.1 Å². The van der Waals surface area contributed by atoms with Crippen molar-refractivity contribution in [2.24, 2.45) is 5.73 Å². The van der Waals surface area contributed by atoms with Crippen LogP contribution >= 0.6 is 11.8 Å². The zero-order chi connectivity index (χ0) is 14.7. The monoisotopic (exact) mass is 296 g/mol. The molecule has 1 aromatic rings. The molecular weight excluding hydrogens is 276 g/mol. The van der Waals surface area contributed by atoms with Crippen molar-refractivity contribution in [3.05, 3.63) is 23.8 Å². The van der Waals surface area contributed by atoms with Gasteiger partial charge in [-0.05, 0) is 24.1 Å². The summed E-state index contributed by atoms with van der Waals surface area (Å²) in [5.41, 5.74) is 6.71. The third-order valence-electron chi connectivity index (χ3n) is 3.37. The molecule has 1 heterocycles. The highest BCUT2D eigenvalue weighted by Crippen LogP contribution is 2.25. The van der Waals surface area contributed by atoms with E-state index in [4.69, 9.17) is 5.73 Å². The number of carbonyl (C=O) groups is 1. The maximum atomic E-state index is 12.3. The number of hydrogen-bond donors (Lipinski definition) is 3. The largest absolute Gasteiger partial charge is 0.504 e. The Morgan fingerprint density at radius 2 is 2.25 bits per heavy atom. The minimum absolute atomic E-state index is 0.0512. The number of hydrogen-bond acceptors (Lipinski definition) is 5. The van der Waals surface area contributed by atoms with Gasteiger partial charge in [0.2, 0.25) is 5.91 Å². The van der Waals surface area contributed by atoms with Crippen LogP contribution in [0, 0.1) is 0 Å². The van der Waals surface area contributed by atoms with Crippen molar-refractivity contribution in [2.75, 3.05) is 18.8 Å². The van der Waals surface area contributed by atoms with E-state index in [2.05, 4.69) is 6.92 Å². The lowest BCUT2D eigenvalue weighted by Crippen LogP contribution is -2.49. The van der Waals surface area contributed by atoms with Gasteiger partial charge >= 0.3 is 0 Å². The summed E-state index contributed by atoms with van der Waals surface area (Å²) in [5, 5.41) is 19.1. The second-order valence-corrected chi connectivity index (χ2v) is 6.65. The van der Waals surface area contributed by atoms with Crippen LogP contribution in [-0.4, -0.2) is 51.2 Å². The highest BCUT2D eigenvalue weighted by molar-refractivity contribution is 7.99. The molecule has 0 bridgehead atoms. The fourth-order valence-electron chi connectivity index (χ4n) is 2.29. The van der Waals surface area contributed by atoms with Gasteiger partial charge < -0.3 is 20.8 Å². The predicted molar refractivity (Wildman–Crippen MR) is 80.0 cm³/mol. The molecule has 4 N–H and O–H groups in total. The van der Waals surface area contributed by atoms with Crippen molar-refractivity contribution in [3.8, 4) is 11.5 Å². The first-order valence-corrected chi connectivity index (χ1v) is 7.69. The highest BCUT2D eigenvalue weighted by atomic mass is 32.2. The number of amides is 1. The summed E-state index contributed by atoms with van der Waals surface area (Å²) in [7, 11) is 0. The Labute approximate surface area is 122 Å². The summed E-state index contributed by atoms with van der Waals surface area (Å²) in [6.45, 7) is 3.58. The van der Waals surface area contributed by atoms with Crippen LogP contribution < -0.4 is 5.73 Å². The number of thioether (sulfide) groups is 1. The predicted octanol–water partition coefficient (Wildman–Crippen LogP) is 0.931. The molecule has 20 heavy (non-hydrogen) atoms. The van der Waals surface area contributed by atoms with E-state index in [-0.39, 0.29) is 17.4 Å². The van der Waals surface area contributed by atoms with Gasteiger partial charge in [0.05, 0.1) is 6.04 Å². The first-order valence-electron chi connectivity index (χ1n) is 6.64. The number of nitrogens with two attached hydrogens (primary N) is 1. The molecule has 1 unspecified atom stereocenters. The third kappa shape index (κ3) is 3.58. The number of rotatable bonds is 3. The van der Waals surface area contributed by atoms with E-state index >= 15 is 0 Å². The zero-order valence-electron chi connectivity index (χ0n) is 11.5. The van der Waals surface area contributed by atoms with Gasteiger partial charge in [-0.1, -0.05) is 13.0 Å². The average molecular weight is 296 g/mol. The molecule has 0 aliphatic carbocycles. The van der Waals surface area contributed by atoms with E-state index in [9.17, 15) is 15.0 Å². The van der Waals surface area contributed by atoms with Gasteiger partial charge in [0.15, 0.2) is 11.5 Å². The van der Waals surface area contributed by atoms with Gasteiger partial charge in [-0.2, -0.15) is 11.8 Å². The highest BCUT2D eigenvalue weighted by Gasteiger charge is 2.25. The van der Waals surface area contributed by atoms with Gasteiger partial charge in [0.1, 0.15) is 0 Å². The molecule has 2 rings (SSSR count). The van der Waals surface area contributed by atoms with Crippen molar-refractivity contribution in [2.45, 2.75) is 24.6 Å². The fraction of sp³-hybridized carbons (Fsp3) is 0.500. The third-order valence-corrected chi connectivity index (χ3v) is 4.50. The molecule has 0 aromatic heterocycles. The molecule has 6 heteroatoms. The SMILES string of the molecule is CC1CN(C(=O)[C@@H](N)Cc2ccc(O)c(O)c2)CCS1. The van der Waals surface area contributed by atoms with Crippen LogP contribution in [0.3, 0.4) is 0 Å². The molecule has 5 nitrogen and oxygen atoms in total. The Morgan fingerprint density at radius 3 is 2.90 bits per heavy atom. The quantitative estimate of drug-likeness (QED) is 0.722. The summed E-state index contributed by atoms with van der Waals surface area (Å²) < 4.78 is 0. The second kappa shape index (κ2) is 6.37. The van der Waals surface area contributed by atoms with Crippen LogP contribution in [0.2, 0.25) is 0 Å². The van der Waals surface area contributed by atoms with E-state index < -0.39 is 6.04 Å². The Morgan fingerprint density at radius 1 is 1.50 bits per heavy atom. The molecule has 110 valence electrons. The fourth-order valence-corrected chi connectivity index (χ4v) is 3.30. The van der Waals surface area contributed by atoms with E-state index in [0.717, 1.165) is 24.4 Å². The summed E-state index contributed by atoms with van der Waals surface area (Å²) >= 11 is 1.86. The lowest BCUT2D eigenvalue weighted by Gasteiger charge is -2.32. The van der Waals surface area contributed by atoms with Gasteiger partial charge in [-0.3, -0.25) is 4.79 Å². The smallest absolute Gasteiger partial charge is 0.239 e. The van der Waals surface area contributed by atoms with Crippen molar-refractivity contribution in [1.29, 1.82) is 0 Å². The maximum absolute atomic E-state index is 12.3. The zero-order valence-corrected chi connectivity index (χ0v) is 12.3.